The molecular formula is C23H22S. The molecule has 0 fully saturated rings. The quantitative estimate of drug-likeness (QED) is 0.214. The summed E-state index contributed by atoms with van der Waals surface area (Å²) in [5.41, 5.74) is 1.32. The molecule has 0 aliphatic rings. The Morgan fingerprint density at radius 3 is 2.04 bits per heavy atom. The van der Waals surface area contributed by atoms with Crippen molar-refractivity contribution in [3.8, 4) is 0 Å². The minimum absolute atomic E-state index is 1.21. The summed E-state index contributed by atoms with van der Waals surface area (Å²) in [6.07, 6.45) is 2.55. The summed E-state index contributed by atoms with van der Waals surface area (Å²) >= 11 is 1.97. The topological polar surface area (TPSA) is 0 Å². The molecule has 24 heavy (non-hydrogen) atoms. The molecule has 0 heterocycles. The second-order valence-electron chi connectivity index (χ2n) is 6.54. The van der Waals surface area contributed by atoms with Crippen molar-refractivity contribution < 1.29 is 0 Å². The van der Waals surface area contributed by atoms with E-state index in [0.29, 0.717) is 0 Å². The Morgan fingerprint density at radius 2 is 1.33 bits per heavy atom. The Hall–Kier alpha value is -1.99. The van der Waals surface area contributed by atoms with Gasteiger partial charge in [0.1, 0.15) is 0 Å². The van der Waals surface area contributed by atoms with Gasteiger partial charge in [-0.15, -0.1) is 11.8 Å². The van der Waals surface area contributed by atoms with E-state index in [1.807, 2.05) is 11.8 Å². The van der Waals surface area contributed by atoms with Crippen LogP contribution in [0.4, 0.5) is 0 Å². The summed E-state index contributed by atoms with van der Waals surface area (Å²) < 4.78 is 0. The van der Waals surface area contributed by atoms with Gasteiger partial charge in [-0.05, 0) is 63.5 Å². The van der Waals surface area contributed by atoms with Crippen molar-refractivity contribution in [1.82, 2.24) is 0 Å². The number of rotatable bonds is 4. The maximum Gasteiger partial charge on any atom is 0.00783 e. The summed E-state index contributed by atoms with van der Waals surface area (Å²) in [6.45, 7) is 4.40. The highest BCUT2D eigenvalue weighted by atomic mass is 32.2. The van der Waals surface area contributed by atoms with E-state index in [4.69, 9.17) is 0 Å². The Bertz CT molecular complexity index is 1030. The lowest BCUT2D eigenvalue weighted by Crippen LogP contribution is -1.83. The maximum absolute atomic E-state index is 2.34. The zero-order chi connectivity index (χ0) is 16.5. The molecule has 1 heteroatoms. The van der Waals surface area contributed by atoms with Crippen LogP contribution in [0, 0.1) is 6.92 Å². The van der Waals surface area contributed by atoms with E-state index in [-0.39, 0.29) is 0 Å². The van der Waals surface area contributed by atoms with Crippen molar-refractivity contribution >= 4 is 44.1 Å². The van der Waals surface area contributed by atoms with E-state index >= 15 is 0 Å². The summed E-state index contributed by atoms with van der Waals surface area (Å²) in [7, 11) is 0. The van der Waals surface area contributed by atoms with E-state index < -0.39 is 0 Å². The van der Waals surface area contributed by atoms with Crippen LogP contribution in [0.2, 0.25) is 0 Å². The van der Waals surface area contributed by atoms with Crippen LogP contribution in [0.3, 0.4) is 0 Å². The molecule has 0 saturated heterocycles. The molecule has 0 atom stereocenters. The maximum atomic E-state index is 2.34. The summed E-state index contributed by atoms with van der Waals surface area (Å²) in [5.74, 6) is 1.21. The third kappa shape index (κ3) is 2.78. The molecule has 120 valence electrons. The van der Waals surface area contributed by atoms with Gasteiger partial charge in [0.15, 0.2) is 0 Å². The zero-order valence-corrected chi connectivity index (χ0v) is 15.1. The number of thioether (sulfide) groups is 1. The smallest absolute Gasteiger partial charge is 0.00783 e. The first-order valence-corrected chi connectivity index (χ1v) is 9.73. The van der Waals surface area contributed by atoms with E-state index in [1.54, 1.807) is 0 Å². The number of fused-ring (bicyclic) bond motifs is 5. The predicted octanol–water partition coefficient (Wildman–Crippen LogP) is 7.35. The normalized spacial score (nSPS) is 11.6. The molecule has 0 saturated carbocycles. The highest BCUT2D eigenvalue weighted by Crippen LogP contribution is 2.33. The lowest BCUT2D eigenvalue weighted by molar-refractivity contribution is 0.896. The van der Waals surface area contributed by atoms with Gasteiger partial charge in [-0.2, -0.15) is 0 Å². The van der Waals surface area contributed by atoms with Crippen molar-refractivity contribution in [1.29, 1.82) is 0 Å². The average Bonchev–Trinajstić information content (AvgIpc) is 2.61. The Kier molecular flexibility index (Phi) is 4.20. The molecule has 0 aliphatic carbocycles. The van der Waals surface area contributed by atoms with Gasteiger partial charge in [0.25, 0.3) is 0 Å². The van der Waals surface area contributed by atoms with Crippen molar-refractivity contribution in [2.24, 2.45) is 0 Å². The lowest BCUT2D eigenvalue weighted by Gasteiger charge is -2.09. The van der Waals surface area contributed by atoms with Crippen molar-refractivity contribution in [2.45, 2.75) is 31.6 Å². The molecule has 0 N–H and O–H groups in total. The molecule has 4 aromatic rings. The molecule has 0 aromatic heterocycles. The highest BCUT2D eigenvalue weighted by Gasteiger charge is 2.06. The van der Waals surface area contributed by atoms with Crippen molar-refractivity contribution in [3.05, 3.63) is 66.2 Å². The molecule has 0 nitrogen and oxygen atoms in total. The molecule has 0 unspecified atom stereocenters. The van der Waals surface area contributed by atoms with Crippen LogP contribution in [0.15, 0.2) is 65.6 Å². The fourth-order valence-electron chi connectivity index (χ4n) is 3.41. The SMILES string of the molecule is CCCCSc1ccc2c(ccc3c4ccc(C)cc4ccc23)c1. The van der Waals surface area contributed by atoms with Gasteiger partial charge in [0.2, 0.25) is 0 Å². The zero-order valence-electron chi connectivity index (χ0n) is 14.3. The molecule has 0 radical (unpaired) electrons. The monoisotopic (exact) mass is 330 g/mol. The molecule has 0 aliphatic heterocycles. The van der Waals surface area contributed by atoms with Crippen LogP contribution < -0.4 is 0 Å². The van der Waals surface area contributed by atoms with Gasteiger partial charge in [-0.3, -0.25) is 0 Å². The van der Waals surface area contributed by atoms with Crippen LogP contribution in [0.25, 0.3) is 32.3 Å². The second-order valence-corrected chi connectivity index (χ2v) is 7.70. The first-order chi connectivity index (χ1) is 11.8. The van der Waals surface area contributed by atoms with Crippen LogP contribution in [-0.4, -0.2) is 5.75 Å². The molecule has 4 rings (SSSR count). The Labute approximate surface area is 147 Å². The minimum Gasteiger partial charge on any atom is -0.126 e. The van der Waals surface area contributed by atoms with Gasteiger partial charge in [-0.1, -0.05) is 67.4 Å². The number of benzene rings is 4. The summed E-state index contributed by atoms with van der Waals surface area (Å²) in [4.78, 5) is 1.38. The van der Waals surface area contributed by atoms with E-state index in [0.717, 1.165) is 0 Å². The van der Waals surface area contributed by atoms with E-state index in [9.17, 15) is 0 Å². The molecule has 0 amide bonds. The summed E-state index contributed by atoms with van der Waals surface area (Å²) in [6, 6.07) is 22.8. The van der Waals surface area contributed by atoms with Crippen LogP contribution >= 0.6 is 11.8 Å². The molecule has 0 bridgehead atoms. The Balaban J connectivity index is 1.86. The first-order valence-electron chi connectivity index (χ1n) is 8.75. The fourth-order valence-corrected chi connectivity index (χ4v) is 4.45. The van der Waals surface area contributed by atoms with Crippen LogP contribution in [0.1, 0.15) is 25.3 Å². The number of hydrogen-bond donors (Lipinski definition) is 0. The predicted molar refractivity (Wildman–Crippen MR) is 109 cm³/mol. The van der Waals surface area contributed by atoms with Gasteiger partial charge >= 0.3 is 0 Å². The third-order valence-corrected chi connectivity index (χ3v) is 5.81. The van der Waals surface area contributed by atoms with Crippen molar-refractivity contribution in [3.63, 3.8) is 0 Å². The second kappa shape index (κ2) is 6.49. The number of unbranched alkanes of at least 4 members (excludes halogenated alkanes) is 1. The third-order valence-electron chi connectivity index (χ3n) is 4.73. The largest absolute Gasteiger partial charge is 0.126 e. The van der Waals surface area contributed by atoms with Gasteiger partial charge in [0, 0.05) is 4.90 Å². The molecule has 0 spiro atoms. The standard InChI is InChI=1S/C23H22S/c1-3-4-13-24-19-8-12-21-18(15-19)7-11-22-20-9-5-16(2)14-17(20)6-10-23(21)22/h5-12,14-15H,3-4,13H2,1-2H3. The average molecular weight is 330 g/mol. The highest BCUT2D eigenvalue weighted by molar-refractivity contribution is 7.99. The van der Waals surface area contributed by atoms with Crippen molar-refractivity contribution in [2.75, 3.05) is 5.75 Å². The van der Waals surface area contributed by atoms with Gasteiger partial charge < -0.3 is 0 Å². The number of hydrogen-bond acceptors (Lipinski definition) is 1. The Morgan fingerprint density at radius 1 is 0.708 bits per heavy atom. The van der Waals surface area contributed by atoms with Crippen LogP contribution in [0.5, 0.6) is 0 Å². The first kappa shape index (κ1) is 15.5. The fraction of sp³-hybridized carbons (Fsp3) is 0.217. The van der Waals surface area contributed by atoms with E-state index in [1.165, 1.54) is 61.4 Å². The van der Waals surface area contributed by atoms with E-state index in [2.05, 4.69) is 74.5 Å². The lowest BCUT2D eigenvalue weighted by atomic mass is 9.96. The molecular weight excluding hydrogens is 308 g/mol. The summed E-state index contributed by atoms with van der Waals surface area (Å²) in [5, 5.41) is 8.08. The number of aryl methyl sites for hydroxylation is 1. The van der Waals surface area contributed by atoms with Gasteiger partial charge in [0.05, 0.1) is 0 Å². The van der Waals surface area contributed by atoms with Crippen LogP contribution in [-0.2, 0) is 0 Å². The minimum atomic E-state index is 1.21. The van der Waals surface area contributed by atoms with Gasteiger partial charge in [-0.25, -0.2) is 0 Å². The molecule has 4 aromatic carbocycles.